The molecule has 3 aromatic rings. The Morgan fingerprint density at radius 1 is 1.13 bits per heavy atom. The number of fused-ring (bicyclic) bond motifs is 1. The lowest BCUT2D eigenvalue weighted by atomic mass is 10.1. The van der Waals surface area contributed by atoms with Crippen molar-refractivity contribution >= 4 is 50.3 Å². The monoisotopic (exact) mass is 819 g/mol. The highest BCUT2D eigenvalue weighted by Crippen LogP contribution is 2.50. The minimum atomic E-state index is -5.22. The minimum Gasteiger partial charge on any atom is -0.455 e. The molecule has 2 fully saturated rings. The smallest absolute Gasteiger partial charge is 0.455 e. The summed E-state index contributed by atoms with van der Waals surface area (Å²) in [6, 6.07) is -0.270. The number of carbonyl (C=O) groups is 2. The third-order valence-corrected chi connectivity index (χ3v) is 10.0. The Balaban J connectivity index is 1.36. The lowest BCUT2D eigenvalue weighted by Gasteiger charge is -2.28. The van der Waals surface area contributed by atoms with Gasteiger partial charge in [0.15, 0.2) is 29.8 Å². The highest BCUT2D eigenvalue weighted by atomic mass is 31.2. The fourth-order valence-electron chi connectivity index (χ4n) is 5.75. The van der Waals surface area contributed by atoms with E-state index in [2.05, 4.69) is 31.0 Å². The largest absolute Gasteiger partial charge is 0.472 e. The van der Waals surface area contributed by atoms with Crippen LogP contribution in [0.4, 0.5) is 11.6 Å². The second-order valence-corrected chi connectivity index (χ2v) is 14.8. The van der Waals surface area contributed by atoms with Crippen molar-refractivity contribution in [3.63, 3.8) is 0 Å². The number of aliphatic hydroxyl groups excluding tert-OH is 2. The normalized spacial score (nSPS) is 25.7. The molecule has 1 amide bonds. The van der Waals surface area contributed by atoms with Crippen LogP contribution in [-0.4, -0.2) is 134 Å². The number of hydrogen-bond acceptors (Lipinski definition) is 19. The van der Waals surface area contributed by atoms with E-state index in [0.29, 0.717) is 0 Å². The number of esters is 1. The Morgan fingerprint density at radius 3 is 2.53 bits per heavy atom. The Hall–Kier alpha value is -4.23. The van der Waals surface area contributed by atoms with Crippen LogP contribution in [0.5, 0.6) is 0 Å². The van der Waals surface area contributed by atoms with Crippen molar-refractivity contribution in [2.24, 2.45) is 0 Å². The first-order valence-corrected chi connectivity index (χ1v) is 19.3. The van der Waals surface area contributed by atoms with Crippen LogP contribution in [-0.2, 0) is 46.5 Å². The van der Waals surface area contributed by atoms with Crippen LogP contribution in [0.1, 0.15) is 31.7 Å². The van der Waals surface area contributed by atoms with Crippen molar-refractivity contribution in [1.29, 1.82) is 0 Å². The molecule has 0 saturated carbocycles. The summed E-state index contributed by atoms with van der Waals surface area (Å²) in [5, 5.41) is 21.5. The van der Waals surface area contributed by atoms with Gasteiger partial charge in [-0.05, 0) is 12.5 Å². The van der Waals surface area contributed by atoms with E-state index in [4.69, 9.17) is 34.7 Å². The van der Waals surface area contributed by atoms with Gasteiger partial charge in [0.2, 0.25) is 5.91 Å². The van der Waals surface area contributed by atoms with Gasteiger partial charge in [-0.2, -0.15) is 4.98 Å². The molecular formula is C28H39N9O16P2. The van der Waals surface area contributed by atoms with Gasteiger partial charge >= 0.3 is 27.3 Å². The fourth-order valence-corrected chi connectivity index (χ4v) is 7.05. The number of nitrogen functional groups attached to an aromatic ring is 2. The minimum absolute atomic E-state index is 0.00688. The van der Waals surface area contributed by atoms with E-state index < -0.39 is 102 Å². The van der Waals surface area contributed by atoms with E-state index in [9.17, 15) is 48.4 Å². The number of rotatable bonds is 17. The Morgan fingerprint density at radius 2 is 1.85 bits per heavy atom. The summed E-state index contributed by atoms with van der Waals surface area (Å²) in [4.78, 5) is 84.3. The number of aromatic nitrogens is 6. The van der Waals surface area contributed by atoms with Gasteiger partial charge in [-0.3, -0.25) is 27.5 Å². The SMILES string of the molecule is C=CCCC(=O)N(C)[C@@H](CO)C(=O)O[C@H]1[C@@H](O)[C@H](n2cnc3c(N)ncnc32)O[C@@H]1COP(=O)(O)OC1CC(n2ccc(N)nc2=O)O[C@@H]1COP(=O)(O)O. The van der Waals surface area contributed by atoms with Crippen LogP contribution < -0.4 is 17.2 Å². The number of allylic oxidation sites excluding steroid dienone is 1. The fraction of sp³-hybridized carbons (Fsp3) is 0.536. The quantitative estimate of drug-likeness (QED) is 0.0444. The maximum Gasteiger partial charge on any atom is 0.472 e. The molecule has 2 saturated heterocycles. The molecule has 0 radical (unpaired) electrons. The maximum atomic E-state index is 13.4. The highest BCUT2D eigenvalue weighted by molar-refractivity contribution is 7.47. The van der Waals surface area contributed by atoms with Gasteiger partial charge < -0.3 is 55.5 Å². The molecule has 5 heterocycles. The zero-order valence-corrected chi connectivity index (χ0v) is 30.7. The molecular weight excluding hydrogens is 780 g/mol. The average molecular weight is 820 g/mol. The number of nitrogens with zero attached hydrogens (tertiary/aromatic N) is 7. The molecule has 0 aromatic carbocycles. The van der Waals surface area contributed by atoms with Gasteiger partial charge in [0.25, 0.3) is 0 Å². The summed E-state index contributed by atoms with van der Waals surface area (Å²) in [6.45, 7) is 0.898. The molecule has 27 heteroatoms. The van der Waals surface area contributed by atoms with Gasteiger partial charge in [0.05, 0.1) is 26.1 Å². The van der Waals surface area contributed by atoms with Crippen molar-refractivity contribution < 1.29 is 71.4 Å². The average Bonchev–Trinajstić information content (AvgIpc) is 3.81. The van der Waals surface area contributed by atoms with Crippen molar-refractivity contribution in [2.45, 2.75) is 68.3 Å². The molecule has 55 heavy (non-hydrogen) atoms. The molecule has 5 rings (SSSR count). The van der Waals surface area contributed by atoms with Gasteiger partial charge in [-0.1, -0.05) is 6.08 Å². The maximum absolute atomic E-state index is 13.4. The molecule has 9 N–H and O–H groups in total. The van der Waals surface area contributed by atoms with Crippen LogP contribution in [0.2, 0.25) is 0 Å². The Labute approximate surface area is 310 Å². The highest BCUT2D eigenvalue weighted by Gasteiger charge is 2.50. The number of likely N-dealkylation sites (N-methyl/N-ethyl adjacent to an activating group) is 1. The van der Waals surface area contributed by atoms with E-state index in [1.54, 1.807) is 0 Å². The molecule has 0 spiro atoms. The van der Waals surface area contributed by atoms with E-state index in [-0.39, 0.29) is 42.1 Å². The third-order valence-electron chi connectivity index (χ3n) is 8.51. The van der Waals surface area contributed by atoms with Crippen molar-refractivity contribution in [3.8, 4) is 0 Å². The first kappa shape index (κ1) is 41.9. The molecule has 2 aliphatic heterocycles. The van der Waals surface area contributed by atoms with Crippen LogP contribution in [0.25, 0.3) is 11.2 Å². The van der Waals surface area contributed by atoms with Gasteiger partial charge in [-0.25, -0.2) is 33.7 Å². The van der Waals surface area contributed by atoms with Crippen molar-refractivity contribution in [3.05, 3.63) is 48.1 Å². The Kier molecular flexibility index (Phi) is 13.2. The number of aliphatic hydroxyl groups is 2. The van der Waals surface area contributed by atoms with Crippen molar-refractivity contribution in [1.82, 2.24) is 34.0 Å². The van der Waals surface area contributed by atoms with Gasteiger partial charge in [0.1, 0.15) is 48.3 Å². The number of amides is 1. The van der Waals surface area contributed by atoms with E-state index in [1.807, 2.05) is 0 Å². The van der Waals surface area contributed by atoms with Crippen LogP contribution in [0, 0.1) is 0 Å². The summed E-state index contributed by atoms with van der Waals surface area (Å²) in [5.74, 6) is -1.82. The number of hydrogen-bond donors (Lipinski definition) is 7. The van der Waals surface area contributed by atoms with E-state index in [0.717, 1.165) is 15.8 Å². The van der Waals surface area contributed by atoms with Crippen LogP contribution in [0.3, 0.4) is 0 Å². The first-order valence-electron chi connectivity index (χ1n) is 16.2. The molecule has 302 valence electrons. The second-order valence-electron chi connectivity index (χ2n) is 12.2. The van der Waals surface area contributed by atoms with Gasteiger partial charge in [-0.15, -0.1) is 6.58 Å². The number of ether oxygens (including phenoxy) is 3. The molecule has 0 aliphatic carbocycles. The zero-order chi connectivity index (χ0) is 40.2. The number of carbonyl (C=O) groups excluding carboxylic acids is 2. The summed E-state index contributed by atoms with van der Waals surface area (Å²) < 4.78 is 59.2. The number of anilines is 2. The summed E-state index contributed by atoms with van der Waals surface area (Å²) >= 11 is 0. The predicted octanol–water partition coefficient (Wildman–Crippen LogP) is -1.90. The first-order chi connectivity index (χ1) is 25.9. The van der Waals surface area contributed by atoms with E-state index >= 15 is 0 Å². The summed E-state index contributed by atoms with van der Waals surface area (Å²) in [7, 11) is -9.02. The summed E-state index contributed by atoms with van der Waals surface area (Å²) in [5.41, 5.74) is 10.8. The molecule has 25 nitrogen and oxygen atoms in total. The number of phosphoric ester groups is 2. The molecule has 9 atom stereocenters. The number of phosphoric acid groups is 2. The third kappa shape index (κ3) is 9.96. The molecule has 0 bridgehead atoms. The number of imidazole rings is 1. The zero-order valence-electron chi connectivity index (χ0n) is 28.9. The standard InChI is InChI=1S/C28H39N9O16P2/c1-3-4-5-19(39)35(2)14(9-38)27(41)52-23-17(51-26(22(23)40)37-13-33-21-24(30)31-12-32-25(21)37)11-49-55(46,47)53-15-8-20(36-7-6-18(29)34-28(36)42)50-16(15)10-48-54(43,44)45/h3,6-7,12-17,20,22-23,26,38,40H,1,4-5,8-11H2,2H3,(H,46,47)(H2,29,34,42)(H2,30,31,32)(H2,43,44,45)/t14-,15?,16+,17+,20?,22+,23+,26+/m0/s1. The van der Waals surface area contributed by atoms with E-state index in [1.165, 1.54) is 36.3 Å². The number of nitrogens with two attached hydrogens (primary N) is 2. The topological polar surface area (TPSA) is 359 Å². The second kappa shape index (κ2) is 17.3. The molecule has 2 aliphatic rings. The predicted molar refractivity (Wildman–Crippen MR) is 183 cm³/mol. The lowest BCUT2D eigenvalue weighted by Crippen LogP contribution is -2.49. The van der Waals surface area contributed by atoms with Gasteiger partial charge in [0, 0.05) is 26.1 Å². The van der Waals surface area contributed by atoms with Crippen molar-refractivity contribution in [2.75, 3.05) is 38.3 Å². The summed E-state index contributed by atoms with van der Waals surface area (Å²) in [6.07, 6.45) is -5.66. The molecule has 3 aromatic heterocycles. The lowest BCUT2D eigenvalue weighted by molar-refractivity contribution is -0.166. The Bertz CT molecular complexity index is 2030. The van der Waals surface area contributed by atoms with Crippen LogP contribution >= 0.6 is 15.6 Å². The molecule has 3 unspecified atom stereocenters. The van der Waals surface area contributed by atoms with Crippen LogP contribution in [0.15, 0.2) is 42.4 Å².